The molecule has 0 aromatic carbocycles. The van der Waals surface area contributed by atoms with Gasteiger partial charge in [-0.15, -0.1) is 11.3 Å². The Morgan fingerprint density at radius 3 is 2.60 bits per heavy atom. The summed E-state index contributed by atoms with van der Waals surface area (Å²) in [6, 6.07) is 1.92. The van der Waals surface area contributed by atoms with Crippen molar-refractivity contribution in [2.45, 2.75) is 0 Å². The molecule has 0 radical (unpaired) electrons. The lowest BCUT2D eigenvalue weighted by Crippen LogP contribution is -2.47. The minimum Gasteiger partial charge on any atom is -0.335 e. The van der Waals surface area contributed by atoms with Gasteiger partial charge in [0.2, 0.25) is 0 Å². The summed E-state index contributed by atoms with van der Waals surface area (Å²) < 4.78 is 0.913. The van der Waals surface area contributed by atoms with Gasteiger partial charge in [-0.25, -0.2) is 0 Å². The second-order valence-corrected chi connectivity index (χ2v) is 5.46. The second-order valence-electron chi connectivity index (χ2n) is 3.69. The molecule has 1 aliphatic rings. The summed E-state index contributed by atoms with van der Waals surface area (Å²) in [6.45, 7) is 3.60. The summed E-state index contributed by atoms with van der Waals surface area (Å²) in [5.74, 6) is 0.157. The van der Waals surface area contributed by atoms with E-state index in [2.05, 4.69) is 27.9 Å². The molecule has 0 N–H and O–H groups in total. The third kappa shape index (κ3) is 2.41. The van der Waals surface area contributed by atoms with Gasteiger partial charge in [0.1, 0.15) is 4.88 Å². The molecule has 2 heterocycles. The van der Waals surface area contributed by atoms with E-state index >= 15 is 0 Å². The molecule has 1 aromatic heterocycles. The van der Waals surface area contributed by atoms with E-state index in [0.717, 1.165) is 35.5 Å². The van der Waals surface area contributed by atoms with Crippen LogP contribution in [0.1, 0.15) is 9.67 Å². The molecule has 1 aromatic rings. The first-order valence-electron chi connectivity index (χ1n) is 4.89. The van der Waals surface area contributed by atoms with Gasteiger partial charge in [-0.2, -0.15) is 0 Å². The zero-order valence-corrected chi connectivity index (χ0v) is 11.0. The van der Waals surface area contributed by atoms with Crippen LogP contribution in [0.4, 0.5) is 0 Å². The maximum atomic E-state index is 12.1. The minimum atomic E-state index is 0.157. The molecule has 0 atom stereocenters. The van der Waals surface area contributed by atoms with Crippen LogP contribution in [0.2, 0.25) is 0 Å². The maximum Gasteiger partial charge on any atom is 0.265 e. The van der Waals surface area contributed by atoms with Crippen molar-refractivity contribution < 1.29 is 4.79 Å². The largest absolute Gasteiger partial charge is 0.335 e. The van der Waals surface area contributed by atoms with Gasteiger partial charge in [-0.05, 0) is 34.4 Å². The molecular formula is C10H13BrN2OS. The van der Waals surface area contributed by atoms with E-state index in [0.29, 0.717) is 0 Å². The molecule has 1 amide bonds. The molecule has 1 fully saturated rings. The highest BCUT2D eigenvalue weighted by molar-refractivity contribution is 9.10. The molecule has 1 aliphatic heterocycles. The van der Waals surface area contributed by atoms with Gasteiger partial charge >= 0.3 is 0 Å². The van der Waals surface area contributed by atoms with Crippen LogP contribution in [-0.4, -0.2) is 48.9 Å². The fourth-order valence-corrected chi connectivity index (χ4v) is 3.11. The van der Waals surface area contributed by atoms with E-state index in [1.165, 1.54) is 11.3 Å². The van der Waals surface area contributed by atoms with Crippen LogP contribution < -0.4 is 0 Å². The number of carbonyl (C=O) groups is 1. The Balaban J connectivity index is 2.06. The summed E-state index contributed by atoms with van der Waals surface area (Å²) >= 11 is 4.90. The van der Waals surface area contributed by atoms with E-state index in [9.17, 15) is 4.79 Å². The Hall–Kier alpha value is -0.390. The van der Waals surface area contributed by atoms with Gasteiger partial charge in [0.15, 0.2) is 0 Å². The number of nitrogens with zero attached hydrogens (tertiary/aromatic N) is 2. The monoisotopic (exact) mass is 288 g/mol. The normalized spacial score (nSPS) is 18.1. The highest BCUT2D eigenvalue weighted by atomic mass is 79.9. The number of halogens is 1. The third-order valence-corrected chi connectivity index (χ3v) is 4.43. The van der Waals surface area contributed by atoms with Crippen LogP contribution in [0, 0.1) is 0 Å². The van der Waals surface area contributed by atoms with Gasteiger partial charge < -0.3 is 9.80 Å². The van der Waals surface area contributed by atoms with Crippen molar-refractivity contribution in [3.8, 4) is 0 Å². The fourth-order valence-electron chi connectivity index (χ4n) is 1.60. The van der Waals surface area contributed by atoms with E-state index in [1.807, 2.05) is 16.3 Å². The highest BCUT2D eigenvalue weighted by Gasteiger charge is 2.22. The van der Waals surface area contributed by atoms with Crippen LogP contribution in [-0.2, 0) is 0 Å². The Kier molecular flexibility index (Phi) is 3.43. The number of piperazine rings is 1. The van der Waals surface area contributed by atoms with Crippen LogP contribution in [0.15, 0.2) is 15.9 Å². The predicted molar refractivity (Wildman–Crippen MR) is 65.4 cm³/mol. The Morgan fingerprint density at radius 2 is 2.07 bits per heavy atom. The Bertz CT molecular complexity index is 358. The first-order valence-corrected chi connectivity index (χ1v) is 6.56. The molecular weight excluding hydrogens is 276 g/mol. The number of rotatable bonds is 1. The number of hydrogen-bond acceptors (Lipinski definition) is 3. The zero-order chi connectivity index (χ0) is 10.8. The van der Waals surface area contributed by atoms with Crippen LogP contribution >= 0.6 is 27.3 Å². The van der Waals surface area contributed by atoms with Crippen LogP contribution in [0.5, 0.6) is 0 Å². The third-order valence-electron chi connectivity index (χ3n) is 2.60. The second kappa shape index (κ2) is 4.63. The lowest BCUT2D eigenvalue weighted by atomic mass is 10.3. The molecule has 0 saturated carbocycles. The van der Waals surface area contributed by atoms with Crippen molar-refractivity contribution in [1.82, 2.24) is 9.80 Å². The summed E-state index contributed by atoms with van der Waals surface area (Å²) in [6.07, 6.45) is 0. The fraction of sp³-hybridized carbons (Fsp3) is 0.500. The van der Waals surface area contributed by atoms with Crippen molar-refractivity contribution >= 4 is 33.2 Å². The van der Waals surface area contributed by atoms with Crippen molar-refractivity contribution in [3.05, 3.63) is 20.8 Å². The molecule has 0 spiro atoms. The summed E-state index contributed by atoms with van der Waals surface area (Å²) in [7, 11) is 2.09. The van der Waals surface area contributed by atoms with E-state index < -0.39 is 0 Å². The number of hydrogen-bond donors (Lipinski definition) is 0. The number of likely N-dealkylation sites (N-methyl/N-ethyl adjacent to an activating group) is 1. The standard InChI is InChI=1S/C10H13BrN2OS/c1-12-3-5-13(6-4-12)10(14)9-8(11)2-7-15-9/h2,7H,3-6H2,1H3. The molecule has 1 saturated heterocycles. The Labute approximate surface area is 102 Å². The van der Waals surface area contributed by atoms with Gasteiger partial charge in [0.05, 0.1) is 0 Å². The summed E-state index contributed by atoms with van der Waals surface area (Å²) in [5, 5.41) is 1.94. The number of thiophene rings is 1. The van der Waals surface area contributed by atoms with E-state index in [4.69, 9.17) is 0 Å². The average molecular weight is 289 g/mol. The quantitative estimate of drug-likeness (QED) is 0.788. The van der Waals surface area contributed by atoms with Gasteiger partial charge in [0, 0.05) is 30.7 Å². The highest BCUT2D eigenvalue weighted by Crippen LogP contribution is 2.24. The molecule has 2 rings (SSSR count). The maximum absolute atomic E-state index is 12.1. The van der Waals surface area contributed by atoms with E-state index in [-0.39, 0.29) is 5.91 Å². The summed E-state index contributed by atoms with van der Waals surface area (Å²) in [4.78, 5) is 17.1. The van der Waals surface area contributed by atoms with Crippen molar-refractivity contribution in [2.24, 2.45) is 0 Å². The smallest absolute Gasteiger partial charge is 0.265 e. The van der Waals surface area contributed by atoms with Gasteiger partial charge in [0.25, 0.3) is 5.91 Å². The lowest BCUT2D eigenvalue weighted by Gasteiger charge is -2.32. The topological polar surface area (TPSA) is 23.6 Å². The molecule has 0 unspecified atom stereocenters. The molecule has 82 valence electrons. The zero-order valence-electron chi connectivity index (χ0n) is 8.57. The molecule has 0 aliphatic carbocycles. The number of amides is 1. The lowest BCUT2D eigenvalue weighted by molar-refractivity contribution is 0.0668. The summed E-state index contributed by atoms with van der Waals surface area (Å²) in [5.41, 5.74) is 0. The number of carbonyl (C=O) groups excluding carboxylic acids is 1. The van der Waals surface area contributed by atoms with E-state index in [1.54, 1.807) is 0 Å². The Morgan fingerprint density at radius 1 is 1.40 bits per heavy atom. The first-order chi connectivity index (χ1) is 7.18. The first kappa shape index (κ1) is 11.1. The van der Waals surface area contributed by atoms with Crippen molar-refractivity contribution in [3.63, 3.8) is 0 Å². The van der Waals surface area contributed by atoms with Gasteiger partial charge in [-0.3, -0.25) is 4.79 Å². The minimum absolute atomic E-state index is 0.157. The molecule has 5 heteroatoms. The van der Waals surface area contributed by atoms with Crippen molar-refractivity contribution in [1.29, 1.82) is 0 Å². The predicted octanol–water partition coefficient (Wildman–Crippen LogP) is 1.90. The van der Waals surface area contributed by atoms with Crippen LogP contribution in [0.3, 0.4) is 0 Å². The van der Waals surface area contributed by atoms with Crippen LogP contribution in [0.25, 0.3) is 0 Å². The molecule has 3 nitrogen and oxygen atoms in total. The van der Waals surface area contributed by atoms with Crippen molar-refractivity contribution in [2.75, 3.05) is 33.2 Å². The average Bonchev–Trinajstić information content (AvgIpc) is 2.65. The SMILES string of the molecule is CN1CCN(C(=O)c2sccc2Br)CC1. The molecule has 0 bridgehead atoms. The molecule has 15 heavy (non-hydrogen) atoms. The van der Waals surface area contributed by atoms with Gasteiger partial charge in [-0.1, -0.05) is 0 Å².